The SMILES string of the molecule is CC(C)C(NC(=O)c1cccs1)C(=O)NCCc1ccc(F)cc1. The highest BCUT2D eigenvalue weighted by atomic mass is 32.1. The summed E-state index contributed by atoms with van der Waals surface area (Å²) in [4.78, 5) is 25.1. The normalized spacial score (nSPS) is 12.0. The van der Waals surface area contributed by atoms with Crippen molar-refractivity contribution in [2.45, 2.75) is 26.3 Å². The Morgan fingerprint density at radius 2 is 1.88 bits per heavy atom. The van der Waals surface area contributed by atoms with Crippen molar-refractivity contribution >= 4 is 23.2 Å². The average molecular weight is 348 g/mol. The number of carbonyl (C=O) groups is 2. The summed E-state index contributed by atoms with van der Waals surface area (Å²) in [6, 6.07) is 9.12. The summed E-state index contributed by atoms with van der Waals surface area (Å²) in [7, 11) is 0. The summed E-state index contributed by atoms with van der Waals surface area (Å²) < 4.78 is 12.9. The molecule has 0 radical (unpaired) electrons. The third-order valence-corrected chi connectivity index (χ3v) is 4.48. The van der Waals surface area contributed by atoms with Crippen LogP contribution in [0, 0.1) is 11.7 Å². The van der Waals surface area contributed by atoms with Crippen LogP contribution in [0.5, 0.6) is 0 Å². The van der Waals surface area contributed by atoms with Gasteiger partial charge in [-0.15, -0.1) is 11.3 Å². The van der Waals surface area contributed by atoms with Gasteiger partial charge in [-0.2, -0.15) is 0 Å². The Morgan fingerprint density at radius 1 is 1.17 bits per heavy atom. The number of rotatable bonds is 7. The number of nitrogens with one attached hydrogen (secondary N) is 2. The first kappa shape index (κ1) is 18.1. The van der Waals surface area contributed by atoms with Gasteiger partial charge in [-0.05, 0) is 41.5 Å². The zero-order valence-electron chi connectivity index (χ0n) is 13.7. The maximum Gasteiger partial charge on any atom is 0.262 e. The van der Waals surface area contributed by atoms with Crippen LogP contribution < -0.4 is 10.6 Å². The molecule has 2 aromatic rings. The zero-order chi connectivity index (χ0) is 17.5. The minimum Gasteiger partial charge on any atom is -0.354 e. The van der Waals surface area contributed by atoms with Crippen molar-refractivity contribution in [1.82, 2.24) is 10.6 Å². The van der Waals surface area contributed by atoms with Gasteiger partial charge in [-0.1, -0.05) is 32.0 Å². The Hall–Kier alpha value is -2.21. The molecule has 0 fully saturated rings. The van der Waals surface area contributed by atoms with Crippen LogP contribution in [-0.4, -0.2) is 24.4 Å². The Bertz CT molecular complexity index is 669. The molecule has 0 spiro atoms. The second-order valence-corrected chi connectivity index (χ2v) is 6.79. The number of halogens is 1. The third-order valence-electron chi connectivity index (χ3n) is 3.61. The van der Waals surface area contributed by atoms with Crippen molar-refractivity contribution < 1.29 is 14.0 Å². The predicted molar refractivity (Wildman–Crippen MR) is 93.5 cm³/mol. The van der Waals surface area contributed by atoms with Gasteiger partial charge in [-0.3, -0.25) is 9.59 Å². The smallest absolute Gasteiger partial charge is 0.262 e. The molecule has 0 saturated carbocycles. The van der Waals surface area contributed by atoms with Gasteiger partial charge in [0.05, 0.1) is 4.88 Å². The number of thiophene rings is 1. The Morgan fingerprint density at radius 3 is 2.46 bits per heavy atom. The molecular weight excluding hydrogens is 327 g/mol. The summed E-state index contributed by atoms with van der Waals surface area (Å²) in [6.07, 6.45) is 0.607. The standard InChI is InChI=1S/C18H21FN2O2S/c1-12(2)16(21-17(22)15-4-3-11-24-15)18(23)20-10-9-13-5-7-14(19)8-6-13/h3-8,11-12,16H,9-10H2,1-2H3,(H,20,23)(H,21,22). The minimum absolute atomic E-state index is 0.0280. The molecule has 1 aromatic carbocycles. The lowest BCUT2D eigenvalue weighted by molar-refractivity contribution is -0.123. The van der Waals surface area contributed by atoms with Crippen LogP contribution in [0.2, 0.25) is 0 Å². The minimum atomic E-state index is -0.590. The van der Waals surface area contributed by atoms with E-state index < -0.39 is 6.04 Å². The van der Waals surface area contributed by atoms with E-state index >= 15 is 0 Å². The van der Waals surface area contributed by atoms with Crippen LogP contribution in [0.1, 0.15) is 29.1 Å². The highest BCUT2D eigenvalue weighted by Crippen LogP contribution is 2.10. The molecule has 1 aromatic heterocycles. The molecule has 0 aliphatic rings. The fourth-order valence-corrected chi connectivity index (χ4v) is 2.87. The fourth-order valence-electron chi connectivity index (χ4n) is 2.25. The molecule has 0 bridgehead atoms. The van der Waals surface area contributed by atoms with Gasteiger partial charge in [0, 0.05) is 6.54 Å². The second-order valence-electron chi connectivity index (χ2n) is 5.84. The lowest BCUT2D eigenvalue weighted by Gasteiger charge is -2.21. The van der Waals surface area contributed by atoms with Gasteiger partial charge >= 0.3 is 0 Å². The number of amides is 2. The Balaban J connectivity index is 1.87. The molecule has 24 heavy (non-hydrogen) atoms. The molecule has 2 rings (SSSR count). The third kappa shape index (κ3) is 5.16. The van der Waals surface area contributed by atoms with E-state index in [1.165, 1.54) is 23.5 Å². The fraction of sp³-hybridized carbons (Fsp3) is 0.333. The maximum absolute atomic E-state index is 12.9. The molecule has 128 valence electrons. The average Bonchev–Trinajstić information content (AvgIpc) is 3.08. The molecule has 2 N–H and O–H groups in total. The van der Waals surface area contributed by atoms with E-state index in [4.69, 9.17) is 0 Å². The van der Waals surface area contributed by atoms with Crippen LogP contribution >= 0.6 is 11.3 Å². The number of benzene rings is 1. The largest absolute Gasteiger partial charge is 0.354 e. The second kappa shape index (κ2) is 8.59. The summed E-state index contributed by atoms with van der Waals surface area (Å²) in [5.41, 5.74) is 0.945. The quantitative estimate of drug-likeness (QED) is 0.808. The zero-order valence-corrected chi connectivity index (χ0v) is 14.5. The number of hydrogen-bond acceptors (Lipinski definition) is 3. The Labute approximate surface area is 145 Å². The van der Waals surface area contributed by atoms with Crippen molar-refractivity contribution in [3.63, 3.8) is 0 Å². The molecule has 2 amide bonds. The molecule has 1 atom stereocenters. The lowest BCUT2D eigenvalue weighted by Crippen LogP contribution is -2.49. The molecule has 0 aliphatic heterocycles. The number of carbonyl (C=O) groups excluding carboxylic acids is 2. The van der Waals surface area contributed by atoms with E-state index in [0.717, 1.165) is 5.56 Å². The van der Waals surface area contributed by atoms with E-state index in [2.05, 4.69) is 10.6 Å². The van der Waals surface area contributed by atoms with Crippen molar-refractivity contribution in [1.29, 1.82) is 0 Å². The van der Waals surface area contributed by atoms with Gasteiger partial charge in [0.2, 0.25) is 5.91 Å². The summed E-state index contributed by atoms with van der Waals surface area (Å²) in [5, 5.41) is 7.44. The van der Waals surface area contributed by atoms with Gasteiger partial charge < -0.3 is 10.6 Å². The summed E-state index contributed by atoms with van der Waals surface area (Å²) in [6.45, 7) is 4.21. The van der Waals surface area contributed by atoms with Crippen LogP contribution in [0.25, 0.3) is 0 Å². The van der Waals surface area contributed by atoms with E-state index in [-0.39, 0.29) is 23.5 Å². The molecule has 1 unspecified atom stereocenters. The van der Waals surface area contributed by atoms with E-state index in [1.54, 1.807) is 24.3 Å². The van der Waals surface area contributed by atoms with Crippen molar-refractivity contribution in [2.24, 2.45) is 5.92 Å². The van der Waals surface area contributed by atoms with Crippen molar-refractivity contribution in [2.75, 3.05) is 6.54 Å². The molecule has 1 heterocycles. The van der Waals surface area contributed by atoms with Gasteiger partial charge in [-0.25, -0.2) is 4.39 Å². The van der Waals surface area contributed by atoms with Crippen LogP contribution in [0.15, 0.2) is 41.8 Å². The van der Waals surface area contributed by atoms with E-state index in [1.807, 2.05) is 19.2 Å². The van der Waals surface area contributed by atoms with Crippen LogP contribution in [0.3, 0.4) is 0 Å². The van der Waals surface area contributed by atoms with Gasteiger partial charge in [0.25, 0.3) is 5.91 Å². The van der Waals surface area contributed by atoms with Crippen molar-refractivity contribution in [3.05, 3.63) is 58.0 Å². The predicted octanol–water partition coefficient (Wildman–Crippen LogP) is 3.00. The molecule has 6 heteroatoms. The van der Waals surface area contributed by atoms with Crippen molar-refractivity contribution in [3.8, 4) is 0 Å². The lowest BCUT2D eigenvalue weighted by atomic mass is 10.0. The van der Waals surface area contributed by atoms with Gasteiger partial charge in [0.15, 0.2) is 0 Å². The van der Waals surface area contributed by atoms with E-state index in [9.17, 15) is 14.0 Å². The molecular formula is C18H21FN2O2S. The first-order valence-corrected chi connectivity index (χ1v) is 8.72. The summed E-state index contributed by atoms with van der Waals surface area (Å²) >= 11 is 1.34. The first-order chi connectivity index (χ1) is 11.5. The molecule has 0 saturated heterocycles. The van der Waals surface area contributed by atoms with Crippen LogP contribution in [0.4, 0.5) is 4.39 Å². The monoisotopic (exact) mass is 348 g/mol. The molecule has 0 aliphatic carbocycles. The van der Waals surface area contributed by atoms with Gasteiger partial charge in [0.1, 0.15) is 11.9 Å². The Kier molecular flexibility index (Phi) is 6.49. The first-order valence-electron chi connectivity index (χ1n) is 7.84. The molecule has 4 nitrogen and oxygen atoms in total. The van der Waals surface area contributed by atoms with Crippen LogP contribution in [-0.2, 0) is 11.2 Å². The maximum atomic E-state index is 12.9. The van der Waals surface area contributed by atoms with E-state index in [0.29, 0.717) is 17.8 Å². The summed E-state index contributed by atoms with van der Waals surface area (Å²) in [5.74, 6) is -0.756. The topological polar surface area (TPSA) is 58.2 Å². The highest BCUT2D eigenvalue weighted by Gasteiger charge is 2.24. The highest BCUT2D eigenvalue weighted by molar-refractivity contribution is 7.12. The number of hydrogen-bond donors (Lipinski definition) is 2.